The van der Waals surface area contributed by atoms with E-state index in [9.17, 15) is 0 Å². The zero-order valence-corrected chi connectivity index (χ0v) is 12.0. The van der Waals surface area contributed by atoms with Crippen molar-refractivity contribution in [3.8, 4) is 0 Å². The lowest BCUT2D eigenvalue weighted by Gasteiger charge is -2.14. The third-order valence-corrected chi connectivity index (χ3v) is 9.24. The largest absolute Gasteiger partial charge is 0.0854 e. The molecule has 0 bridgehead atoms. The molecule has 1 rings (SSSR count). The third-order valence-electron chi connectivity index (χ3n) is 2.43. The van der Waals surface area contributed by atoms with Gasteiger partial charge < -0.3 is 0 Å². The first-order valence-electron chi connectivity index (χ1n) is 5.06. The molecular weight excluding hydrogens is 287 g/mol. The normalized spacial score (nSPS) is 19.4. The van der Waals surface area contributed by atoms with Gasteiger partial charge in [0.25, 0.3) is 0 Å². The second kappa shape index (κ2) is 4.78. The van der Waals surface area contributed by atoms with Crippen LogP contribution in [0.25, 0.3) is 0 Å². The van der Waals surface area contributed by atoms with Crippen molar-refractivity contribution in [2.75, 3.05) is 0 Å². The van der Waals surface area contributed by atoms with Crippen LogP contribution < -0.4 is 0 Å². The minimum atomic E-state index is -1.03. The van der Waals surface area contributed by atoms with Crippen LogP contribution in [0.3, 0.4) is 0 Å². The summed E-state index contributed by atoms with van der Waals surface area (Å²) in [6.45, 7) is 7.20. The molecule has 0 amide bonds. The van der Waals surface area contributed by atoms with Gasteiger partial charge in [-0.05, 0) is 28.9 Å². The van der Waals surface area contributed by atoms with E-state index in [1.54, 1.807) is 8.78 Å². The first-order chi connectivity index (χ1) is 6.00. The Hall–Kier alpha value is 0.427. The van der Waals surface area contributed by atoms with Crippen LogP contribution in [0.4, 0.5) is 0 Å². The van der Waals surface area contributed by atoms with Gasteiger partial charge >= 0.3 is 0 Å². The number of rotatable bonds is 2. The molecule has 0 saturated heterocycles. The van der Waals surface area contributed by atoms with Crippen molar-refractivity contribution >= 4 is 30.7 Å². The molecule has 1 saturated carbocycles. The van der Waals surface area contributed by atoms with Crippen molar-refractivity contribution in [2.24, 2.45) is 0 Å². The smallest absolute Gasteiger partial charge is 0.0702 e. The van der Waals surface area contributed by atoms with E-state index < -0.39 is 8.07 Å². The highest BCUT2D eigenvalue weighted by atomic mass is 127. The molecule has 2 heteroatoms. The van der Waals surface area contributed by atoms with Gasteiger partial charge in [-0.3, -0.25) is 0 Å². The molecule has 1 aliphatic carbocycles. The van der Waals surface area contributed by atoms with Crippen molar-refractivity contribution in [1.82, 2.24) is 0 Å². The number of hydrogen-bond donors (Lipinski definition) is 0. The van der Waals surface area contributed by atoms with E-state index in [2.05, 4.69) is 54.4 Å². The monoisotopic (exact) mass is 306 g/mol. The summed E-state index contributed by atoms with van der Waals surface area (Å²) < 4.78 is 1.59. The van der Waals surface area contributed by atoms with E-state index in [4.69, 9.17) is 0 Å². The summed E-state index contributed by atoms with van der Waals surface area (Å²) in [5, 5.41) is 0. The molecule has 0 radical (unpaired) electrons. The van der Waals surface area contributed by atoms with Crippen molar-refractivity contribution in [2.45, 2.75) is 45.3 Å². The molecule has 0 unspecified atom stereocenters. The maximum Gasteiger partial charge on any atom is 0.0854 e. The summed E-state index contributed by atoms with van der Waals surface area (Å²) in [5.74, 6) is 0. The molecule has 74 valence electrons. The van der Waals surface area contributed by atoms with Gasteiger partial charge in [-0.1, -0.05) is 60.0 Å². The Labute approximate surface area is 96.6 Å². The fourth-order valence-corrected chi connectivity index (χ4v) is 2.20. The summed E-state index contributed by atoms with van der Waals surface area (Å²) in [5.41, 5.74) is 1.66. The molecule has 13 heavy (non-hydrogen) atoms. The van der Waals surface area contributed by atoms with Gasteiger partial charge in [-0.2, -0.15) is 0 Å². The summed E-state index contributed by atoms with van der Waals surface area (Å²) in [7, 11) is -1.03. The fourth-order valence-electron chi connectivity index (χ4n) is 1.44. The third kappa shape index (κ3) is 3.98. The molecule has 1 fully saturated rings. The van der Waals surface area contributed by atoms with Crippen molar-refractivity contribution in [1.29, 1.82) is 0 Å². The van der Waals surface area contributed by atoms with Gasteiger partial charge in [0.1, 0.15) is 0 Å². The first kappa shape index (κ1) is 11.5. The Morgan fingerprint density at radius 2 is 1.77 bits per heavy atom. The summed E-state index contributed by atoms with van der Waals surface area (Å²) in [6, 6.07) is 0. The van der Waals surface area contributed by atoms with E-state index >= 15 is 0 Å². The topological polar surface area (TPSA) is 0 Å². The van der Waals surface area contributed by atoms with Crippen LogP contribution in [0.2, 0.25) is 19.6 Å². The zero-order valence-electron chi connectivity index (χ0n) is 8.86. The quantitative estimate of drug-likeness (QED) is 0.513. The molecule has 1 aliphatic rings. The van der Waals surface area contributed by atoms with E-state index in [0.29, 0.717) is 0 Å². The Kier molecular flexibility index (Phi) is 4.23. The molecule has 0 N–H and O–H groups in total. The van der Waals surface area contributed by atoms with Crippen LogP contribution in [-0.2, 0) is 0 Å². The van der Waals surface area contributed by atoms with Gasteiger partial charge in [0.05, 0.1) is 8.07 Å². The highest BCUT2D eigenvalue weighted by Gasteiger charge is 2.16. The number of allylic oxidation sites excluding steroid dienone is 3. The van der Waals surface area contributed by atoms with Crippen LogP contribution in [0.15, 0.2) is 20.9 Å². The Bertz CT molecular complexity index is 225. The lowest BCUT2D eigenvalue weighted by molar-refractivity contribution is 0.886. The van der Waals surface area contributed by atoms with Crippen LogP contribution >= 0.6 is 22.6 Å². The molecule has 0 atom stereocenters. The minimum absolute atomic E-state index is 1.03. The van der Waals surface area contributed by atoms with Gasteiger partial charge in [-0.15, -0.1) is 0 Å². The number of halogens is 1. The Morgan fingerprint density at radius 1 is 1.23 bits per heavy atom. The van der Waals surface area contributed by atoms with E-state index in [1.807, 2.05) is 0 Å². The molecule has 0 aliphatic heterocycles. The molecule has 0 nitrogen and oxygen atoms in total. The van der Waals surface area contributed by atoms with Gasteiger partial charge in [0, 0.05) is 0 Å². The summed E-state index contributed by atoms with van der Waals surface area (Å²) in [6.07, 6.45) is 10.2. The Balaban J connectivity index is 2.60. The van der Waals surface area contributed by atoms with Crippen LogP contribution in [0.1, 0.15) is 25.7 Å². The fraction of sp³-hybridized carbons (Fsp3) is 0.636. The molecule has 0 aromatic heterocycles. The predicted octanol–water partition coefficient (Wildman–Crippen LogP) is 4.68. The lowest BCUT2D eigenvalue weighted by Crippen LogP contribution is -2.19. The molecule has 0 aromatic rings. The maximum absolute atomic E-state index is 2.51. The molecule has 0 aromatic carbocycles. The predicted molar refractivity (Wildman–Crippen MR) is 72.0 cm³/mol. The number of hydrogen-bond acceptors (Lipinski definition) is 0. The first-order valence-corrected chi connectivity index (χ1v) is 9.64. The zero-order chi connectivity index (χ0) is 9.90. The SMILES string of the molecule is C[Si](C)(C)/C(I)=C\C=C1CCCC1. The van der Waals surface area contributed by atoms with Crippen LogP contribution in [0, 0.1) is 0 Å². The Morgan fingerprint density at radius 3 is 2.23 bits per heavy atom. The van der Waals surface area contributed by atoms with Crippen molar-refractivity contribution in [3.63, 3.8) is 0 Å². The molecule has 0 spiro atoms. The lowest BCUT2D eigenvalue weighted by atomic mass is 10.2. The van der Waals surface area contributed by atoms with Crippen LogP contribution in [-0.4, -0.2) is 8.07 Å². The van der Waals surface area contributed by atoms with Crippen molar-refractivity contribution in [3.05, 3.63) is 20.9 Å². The van der Waals surface area contributed by atoms with Gasteiger partial charge in [0.15, 0.2) is 0 Å². The molecule has 0 heterocycles. The molecular formula is C11H19ISi. The van der Waals surface area contributed by atoms with Crippen molar-refractivity contribution < 1.29 is 0 Å². The highest BCUT2D eigenvalue weighted by Crippen LogP contribution is 2.26. The minimum Gasteiger partial charge on any atom is -0.0702 e. The van der Waals surface area contributed by atoms with Gasteiger partial charge in [-0.25, -0.2) is 0 Å². The second-order valence-corrected chi connectivity index (χ2v) is 12.0. The van der Waals surface area contributed by atoms with E-state index in [0.717, 1.165) is 0 Å². The van der Waals surface area contributed by atoms with E-state index in [1.165, 1.54) is 25.7 Å². The standard InChI is InChI=1S/C11H19ISi/c1-13(2,3)11(12)9-8-10-6-4-5-7-10/h8-9H,4-7H2,1-3H3/b11-9-. The highest BCUT2D eigenvalue weighted by molar-refractivity contribution is 14.1. The maximum atomic E-state index is 2.51. The van der Waals surface area contributed by atoms with E-state index in [-0.39, 0.29) is 0 Å². The van der Waals surface area contributed by atoms with Gasteiger partial charge in [0.2, 0.25) is 0 Å². The summed E-state index contributed by atoms with van der Waals surface area (Å²) in [4.78, 5) is 0. The average Bonchev–Trinajstić information content (AvgIpc) is 2.50. The second-order valence-electron chi connectivity index (χ2n) is 4.80. The summed E-state index contributed by atoms with van der Waals surface area (Å²) >= 11 is 2.51. The van der Waals surface area contributed by atoms with Crippen LogP contribution in [0.5, 0.6) is 0 Å². The average molecular weight is 306 g/mol.